The Kier molecular flexibility index (Phi) is 16.9. The standard InChI is InChI=1S/C6H12O2.C4H10O2/c1-3-5-6(7)8-4-2;1-5-3-4-6-2/h3-5H2,1-2H3;3-4H2,1-2H3. The molecule has 0 saturated heterocycles. The lowest BCUT2D eigenvalue weighted by Crippen LogP contribution is -2.01. The van der Waals surface area contributed by atoms with Crippen LogP contribution in [0.2, 0.25) is 0 Å². The normalized spacial score (nSPS) is 8.86. The lowest BCUT2D eigenvalue weighted by molar-refractivity contribution is -0.143. The Labute approximate surface area is 86.5 Å². The molecule has 0 aromatic rings. The van der Waals surface area contributed by atoms with Crippen LogP contribution < -0.4 is 0 Å². The quantitative estimate of drug-likeness (QED) is 0.489. The van der Waals surface area contributed by atoms with E-state index >= 15 is 0 Å². The molecule has 0 aromatic carbocycles. The van der Waals surface area contributed by atoms with Crippen LogP contribution in [0.5, 0.6) is 0 Å². The first-order valence-corrected chi connectivity index (χ1v) is 4.86. The monoisotopic (exact) mass is 206 g/mol. The van der Waals surface area contributed by atoms with Gasteiger partial charge < -0.3 is 14.2 Å². The number of rotatable bonds is 6. The molecule has 0 radical (unpaired) electrons. The second-order valence-corrected chi connectivity index (χ2v) is 2.54. The van der Waals surface area contributed by atoms with E-state index in [0.717, 1.165) is 6.42 Å². The van der Waals surface area contributed by atoms with Crippen LogP contribution in [0.3, 0.4) is 0 Å². The molecule has 14 heavy (non-hydrogen) atoms. The van der Waals surface area contributed by atoms with Crippen LogP contribution >= 0.6 is 0 Å². The van der Waals surface area contributed by atoms with Crippen LogP contribution in [0.4, 0.5) is 0 Å². The Hall–Kier alpha value is -0.610. The van der Waals surface area contributed by atoms with E-state index < -0.39 is 0 Å². The fourth-order valence-corrected chi connectivity index (χ4v) is 0.604. The van der Waals surface area contributed by atoms with Crippen LogP contribution in [0.25, 0.3) is 0 Å². The van der Waals surface area contributed by atoms with Gasteiger partial charge in [-0.3, -0.25) is 4.79 Å². The summed E-state index contributed by atoms with van der Waals surface area (Å²) in [6.07, 6.45) is 1.42. The molecule has 0 heterocycles. The first-order chi connectivity index (χ1) is 6.72. The van der Waals surface area contributed by atoms with Gasteiger partial charge in [0.25, 0.3) is 0 Å². The van der Waals surface area contributed by atoms with Gasteiger partial charge in [-0.25, -0.2) is 0 Å². The van der Waals surface area contributed by atoms with Gasteiger partial charge in [-0.05, 0) is 13.3 Å². The number of carbonyl (C=O) groups is 1. The minimum Gasteiger partial charge on any atom is -0.466 e. The average Bonchev–Trinajstić information content (AvgIpc) is 2.16. The van der Waals surface area contributed by atoms with E-state index in [2.05, 4.69) is 14.2 Å². The van der Waals surface area contributed by atoms with Crippen molar-refractivity contribution >= 4 is 5.97 Å². The maximum Gasteiger partial charge on any atom is 0.305 e. The highest BCUT2D eigenvalue weighted by Gasteiger charge is 1.95. The predicted molar refractivity (Wildman–Crippen MR) is 55.3 cm³/mol. The highest BCUT2D eigenvalue weighted by Crippen LogP contribution is 1.89. The number of ether oxygens (including phenoxy) is 3. The van der Waals surface area contributed by atoms with Crippen molar-refractivity contribution in [3.63, 3.8) is 0 Å². The Bertz CT molecular complexity index is 103. The molecule has 0 spiro atoms. The summed E-state index contributed by atoms with van der Waals surface area (Å²) in [5.41, 5.74) is 0. The summed E-state index contributed by atoms with van der Waals surface area (Å²) in [7, 11) is 3.30. The summed E-state index contributed by atoms with van der Waals surface area (Å²) < 4.78 is 14.0. The summed E-state index contributed by atoms with van der Waals surface area (Å²) >= 11 is 0. The van der Waals surface area contributed by atoms with Crippen molar-refractivity contribution in [1.82, 2.24) is 0 Å². The molecule has 0 aliphatic heterocycles. The van der Waals surface area contributed by atoms with Crippen molar-refractivity contribution in [2.75, 3.05) is 34.0 Å². The van der Waals surface area contributed by atoms with E-state index in [-0.39, 0.29) is 5.97 Å². The van der Waals surface area contributed by atoms with Crippen molar-refractivity contribution < 1.29 is 19.0 Å². The zero-order valence-electron chi connectivity index (χ0n) is 9.67. The van der Waals surface area contributed by atoms with Crippen LogP contribution in [-0.4, -0.2) is 40.0 Å². The number of hydrogen-bond acceptors (Lipinski definition) is 4. The molecular weight excluding hydrogens is 184 g/mol. The van der Waals surface area contributed by atoms with Gasteiger partial charge in [-0.1, -0.05) is 6.92 Å². The number of carbonyl (C=O) groups excluding carboxylic acids is 1. The molecule has 0 saturated carbocycles. The Morgan fingerprint density at radius 1 is 1.07 bits per heavy atom. The third kappa shape index (κ3) is 17.5. The van der Waals surface area contributed by atoms with E-state index in [4.69, 9.17) is 0 Å². The van der Waals surface area contributed by atoms with Crippen LogP contribution in [-0.2, 0) is 19.0 Å². The number of hydrogen-bond donors (Lipinski definition) is 0. The zero-order chi connectivity index (χ0) is 11.2. The van der Waals surface area contributed by atoms with Gasteiger partial charge in [0.1, 0.15) is 0 Å². The highest BCUT2D eigenvalue weighted by molar-refractivity contribution is 5.69. The molecule has 0 aliphatic rings. The summed E-state index contributed by atoms with van der Waals surface area (Å²) in [6, 6.07) is 0. The molecule has 0 rings (SSSR count). The Morgan fingerprint density at radius 3 is 1.86 bits per heavy atom. The summed E-state index contributed by atoms with van der Waals surface area (Å²) in [5.74, 6) is -0.0880. The maximum absolute atomic E-state index is 10.4. The summed E-state index contributed by atoms with van der Waals surface area (Å²) in [6.45, 7) is 5.65. The number of methoxy groups -OCH3 is 2. The van der Waals surface area contributed by atoms with Gasteiger partial charge in [-0.2, -0.15) is 0 Å². The second-order valence-electron chi connectivity index (χ2n) is 2.54. The van der Waals surface area contributed by atoms with Crippen molar-refractivity contribution in [2.24, 2.45) is 0 Å². The van der Waals surface area contributed by atoms with E-state index in [0.29, 0.717) is 26.2 Å². The smallest absolute Gasteiger partial charge is 0.305 e. The predicted octanol–water partition coefficient (Wildman–Crippen LogP) is 1.63. The van der Waals surface area contributed by atoms with Gasteiger partial charge in [0.2, 0.25) is 0 Å². The van der Waals surface area contributed by atoms with Crippen molar-refractivity contribution in [2.45, 2.75) is 26.7 Å². The van der Waals surface area contributed by atoms with Crippen LogP contribution in [0.15, 0.2) is 0 Å². The molecule has 0 atom stereocenters. The van der Waals surface area contributed by atoms with Crippen LogP contribution in [0.1, 0.15) is 26.7 Å². The van der Waals surface area contributed by atoms with E-state index in [1.807, 2.05) is 13.8 Å². The zero-order valence-corrected chi connectivity index (χ0v) is 9.67. The van der Waals surface area contributed by atoms with Gasteiger partial charge in [0.05, 0.1) is 19.8 Å². The van der Waals surface area contributed by atoms with Gasteiger partial charge in [0, 0.05) is 20.6 Å². The Balaban J connectivity index is 0. The minimum atomic E-state index is -0.0880. The molecule has 0 aromatic heterocycles. The molecule has 0 bridgehead atoms. The first-order valence-electron chi connectivity index (χ1n) is 4.86. The fraction of sp³-hybridized carbons (Fsp3) is 0.900. The first kappa shape index (κ1) is 15.8. The molecule has 4 nitrogen and oxygen atoms in total. The molecule has 0 amide bonds. The van der Waals surface area contributed by atoms with Crippen molar-refractivity contribution in [3.05, 3.63) is 0 Å². The minimum absolute atomic E-state index is 0.0880. The van der Waals surface area contributed by atoms with Crippen molar-refractivity contribution in [3.8, 4) is 0 Å². The molecule has 0 aliphatic carbocycles. The molecule has 4 heteroatoms. The molecular formula is C10H22O4. The number of esters is 1. The van der Waals surface area contributed by atoms with Gasteiger partial charge in [-0.15, -0.1) is 0 Å². The second kappa shape index (κ2) is 14.9. The van der Waals surface area contributed by atoms with Gasteiger partial charge in [0.15, 0.2) is 0 Å². The topological polar surface area (TPSA) is 44.8 Å². The summed E-state index contributed by atoms with van der Waals surface area (Å²) in [5, 5.41) is 0. The van der Waals surface area contributed by atoms with Gasteiger partial charge >= 0.3 is 5.97 Å². The Morgan fingerprint density at radius 2 is 1.57 bits per heavy atom. The van der Waals surface area contributed by atoms with Crippen molar-refractivity contribution in [1.29, 1.82) is 0 Å². The average molecular weight is 206 g/mol. The maximum atomic E-state index is 10.4. The molecule has 0 unspecified atom stereocenters. The van der Waals surface area contributed by atoms with E-state index in [9.17, 15) is 4.79 Å². The third-order valence-corrected chi connectivity index (χ3v) is 1.25. The molecule has 0 N–H and O–H groups in total. The molecule has 86 valence electrons. The fourth-order valence-electron chi connectivity index (χ4n) is 0.604. The summed E-state index contributed by atoms with van der Waals surface area (Å²) in [4.78, 5) is 10.4. The molecule has 0 fully saturated rings. The third-order valence-electron chi connectivity index (χ3n) is 1.25. The lowest BCUT2D eigenvalue weighted by atomic mass is 10.3. The van der Waals surface area contributed by atoms with E-state index in [1.165, 1.54) is 0 Å². The highest BCUT2D eigenvalue weighted by atomic mass is 16.5. The van der Waals surface area contributed by atoms with Crippen LogP contribution in [0, 0.1) is 0 Å². The SMILES string of the molecule is CCCC(=O)OCC.COCCOC. The lowest BCUT2D eigenvalue weighted by Gasteiger charge is -1.96. The largest absolute Gasteiger partial charge is 0.466 e. The van der Waals surface area contributed by atoms with E-state index in [1.54, 1.807) is 14.2 Å².